The number of halogens is 1. The predicted molar refractivity (Wildman–Crippen MR) is 66.1 cm³/mol. The summed E-state index contributed by atoms with van der Waals surface area (Å²) in [7, 11) is 0. The second-order valence-corrected chi connectivity index (χ2v) is 4.56. The van der Waals surface area contributed by atoms with Crippen LogP contribution in [0.4, 0.5) is 0 Å². The highest BCUT2D eigenvalue weighted by molar-refractivity contribution is 14.1. The molecule has 0 unspecified atom stereocenters. The van der Waals surface area contributed by atoms with Gasteiger partial charge in [-0.15, -0.1) is 0 Å². The van der Waals surface area contributed by atoms with Crippen LogP contribution in [0.25, 0.3) is 5.82 Å². The van der Waals surface area contributed by atoms with Gasteiger partial charge in [0.2, 0.25) is 0 Å². The zero-order chi connectivity index (χ0) is 11.0. The molecule has 0 aliphatic heterocycles. The van der Waals surface area contributed by atoms with Crippen molar-refractivity contribution in [2.45, 2.75) is 20.8 Å². The molecule has 0 saturated heterocycles. The first-order valence-corrected chi connectivity index (χ1v) is 5.68. The van der Waals surface area contributed by atoms with E-state index in [1.165, 1.54) is 5.56 Å². The molecule has 0 aliphatic carbocycles. The van der Waals surface area contributed by atoms with Crippen molar-refractivity contribution in [1.82, 2.24) is 19.7 Å². The molecule has 2 heterocycles. The van der Waals surface area contributed by atoms with Crippen LogP contribution in [-0.4, -0.2) is 19.7 Å². The Morgan fingerprint density at radius 2 is 2.00 bits per heavy atom. The maximum Gasteiger partial charge on any atom is 0.170 e. The lowest BCUT2D eigenvalue weighted by atomic mass is 10.2. The third-order valence-electron chi connectivity index (χ3n) is 2.50. The molecule has 0 aromatic carbocycles. The summed E-state index contributed by atoms with van der Waals surface area (Å²) in [6, 6.07) is 0. The lowest BCUT2D eigenvalue weighted by Gasteiger charge is -2.04. The van der Waals surface area contributed by atoms with Crippen LogP contribution in [-0.2, 0) is 0 Å². The summed E-state index contributed by atoms with van der Waals surface area (Å²) in [5, 5.41) is 4.46. The molecule has 4 nitrogen and oxygen atoms in total. The summed E-state index contributed by atoms with van der Waals surface area (Å²) >= 11 is 2.22. The van der Waals surface area contributed by atoms with E-state index in [0.29, 0.717) is 0 Å². The Morgan fingerprint density at radius 3 is 2.53 bits per heavy atom. The Hall–Kier alpha value is -0.980. The van der Waals surface area contributed by atoms with Gasteiger partial charge in [-0.3, -0.25) is 0 Å². The minimum absolute atomic E-state index is 0.847. The van der Waals surface area contributed by atoms with E-state index in [1.54, 1.807) is 12.5 Å². The van der Waals surface area contributed by atoms with Gasteiger partial charge in [-0.1, -0.05) is 0 Å². The fraction of sp³-hybridized carbons (Fsp3) is 0.300. The lowest BCUT2D eigenvalue weighted by molar-refractivity contribution is 0.794. The molecule has 2 rings (SSSR count). The molecule has 0 bridgehead atoms. The highest BCUT2D eigenvalue weighted by Crippen LogP contribution is 2.18. The second-order valence-electron chi connectivity index (χ2n) is 3.40. The van der Waals surface area contributed by atoms with Crippen molar-refractivity contribution in [2.75, 3.05) is 0 Å². The van der Waals surface area contributed by atoms with Gasteiger partial charge in [0.25, 0.3) is 0 Å². The quantitative estimate of drug-likeness (QED) is 0.758. The standard InChI is InChI=1S/C10H11IN4/c1-6-7(2)14-15(8(6)3)10-9(11)4-12-5-13-10/h4-5H,1-3H3. The van der Waals surface area contributed by atoms with Crippen molar-refractivity contribution >= 4 is 22.6 Å². The molecule has 78 valence electrons. The Bertz CT molecular complexity index is 504. The maximum absolute atomic E-state index is 4.46. The molecular weight excluding hydrogens is 303 g/mol. The van der Waals surface area contributed by atoms with Crippen LogP contribution in [0.3, 0.4) is 0 Å². The van der Waals surface area contributed by atoms with Gasteiger partial charge in [-0.2, -0.15) is 5.10 Å². The molecule has 0 amide bonds. The minimum Gasteiger partial charge on any atom is -0.244 e. The third kappa shape index (κ3) is 1.75. The first kappa shape index (κ1) is 10.5. The summed E-state index contributed by atoms with van der Waals surface area (Å²) in [5.41, 5.74) is 3.38. The maximum atomic E-state index is 4.46. The molecule has 2 aromatic heterocycles. The van der Waals surface area contributed by atoms with Crippen molar-refractivity contribution in [3.8, 4) is 5.82 Å². The van der Waals surface area contributed by atoms with Gasteiger partial charge < -0.3 is 0 Å². The normalized spacial score (nSPS) is 10.7. The van der Waals surface area contributed by atoms with Crippen LogP contribution < -0.4 is 0 Å². The minimum atomic E-state index is 0.847. The number of aryl methyl sites for hydroxylation is 1. The van der Waals surface area contributed by atoms with Crippen molar-refractivity contribution in [3.63, 3.8) is 0 Å². The van der Waals surface area contributed by atoms with E-state index < -0.39 is 0 Å². The highest BCUT2D eigenvalue weighted by Gasteiger charge is 2.11. The molecule has 0 fully saturated rings. The van der Waals surface area contributed by atoms with Crippen LogP contribution in [0, 0.1) is 24.3 Å². The number of nitrogens with zero attached hydrogens (tertiary/aromatic N) is 4. The fourth-order valence-electron chi connectivity index (χ4n) is 1.39. The number of aromatic nitrogens is 4. The summed E-state index contributed by atoms with van der Waals surface area (Å²) < 4.78 is 2.87. The monoisotopic (exact) mass is 314 g/mol. The largest absolute Gasteiger partial charge is 0.244 e. The van der Waals surface area contributed by atoms with Crippen molar-refractivity contribution in [3.05, 3.63) is 33.0 Å². The number of hydrogen-bond donors (Lipinski definition) is 0. The molecule has 0 saturated carbocycles. The topological polar surface area (TPSA) is 43.6 Å². The van der Waals surface area contributed by atoms with E-state index >= 15 is 0 Å². The van der Waals surface area contributed by atoms with E-state index in [4.69, 9.17) is 0 Å². The zero-order valence-corrected chi connectivity index (χ0v) is 11.0. The first-order chi connectivity index (χ1) is 7.11. The Balaban J connectivity index is 2.65. The molecule has 0 radical (unpaired) electrons. The molecular formula is C10H11IN4. The summed E-state index contributed by atoms with van der Waals surface area (Å²) in [5.74, 6) is 0.847. The average molecular weight is 314 g/mol. The van der Waals surface area contributed by atoms with Crippen molar-refractivity contribution in [1.29, 1.82) is 0 Å². The predicted octanol–water partition coefficient (Wildman–Crippen LogP) is 2.19. The number of rotatable bonds is 1. The lowest BCUT2D eigenvalue weighted by Crippen LogP contribution is -2.04. The smallest absolute Gasteiger partial charge is 0.170 e. The number of hydrogen-bond acceptors (Lipinski definition) is 3. The van der Waals surface area contributed by atoms with Crippen LogP contribution in [0.15, 0.2) is 12.5 Å². The van der Waals surface area contributed by atoms with E-state index in [-0.39, 0.29) is 0 Å². The second kappa shape index (κ2) is 3.88. The Labute approximate surface area is 102 Å². The van der Waals surface area contributed by atoms with Gasteiger partial charge in [-0.05, 0) is 48.9 Å². The summed E-state index contributed by atoms with van der Waals surface area (Å²) in [6.07, 6.45) is 3.33. The molecule has 2 aromatic rings. The van der Waals surface area contributed by atoms with Gasteiger partial charge in [0, 0.05) is 11.9 Å². The van der Waals surface area contributed by atoms with E-state index in [1.807, 2.05) is 18.5 Å². The van der Waals surface area contributed by atoms with Gasteiger partial charge in [0.1, 0.15) is 6.33 Å². The highest BCUT2D eigenvalue weighted by atomic mass is 127. The molecule has 15 heavy (non-hydrogen) atoms. The van der Waals surface area contributed by atoms with Crippen molar-refractivity contribution < 1.29 is 0 Å². The van der Waals surface area contributed by atoms with Crippen LogP contribution in [0.2, 0.25) is 0 Å². The molecule has 0 atom stereocenters. The fourth-order valence-corrected chi connectivity index (χ4v) is 1.92. The summed E-state index contributed by atoms with van der Waals surface area (Å²) in [4.78, 5) is 8.22. The van der Waals surface area contributed by atoms with E-state index in [0.717, 1.165) is 20.8 Å². The van der Waals surface area contributed by atoms with E-state index in [9.17, 15) is 0 Å². The van der Waals surface area contributed by atoms with Gasteiger partial charge in [0.05, 0.1) is 9.26 Å². The van der Waals surface area contributed by atoms with Gasteiger partial charge in [-0.25, -0.2) is 14.6 Å². The van der Waals surface area contributed by atoms with Crippen LogP contribution in [0.1, 0.15) is 17.0 Å². The molecule has 0 spiro atoms. The van der Waals surface area contributed by atoms with Crippen LogP contribution in [0.5, 0.6) is 0 Å². The average Bonchev–Trinajstić information content (AvgIpc) is 2.47. The Morgan fingerprint density at radius 1 is 1.27 bits per heavy atom. The van der Waals surface area contributed by atoms with Gasteiger partial charge in [0.15, 0.2) is 5.82 Å². The zero-order valence-electron chi connectivity index (χ0n) is 8.82. The van der Waals surface area contributed by atoms with E-state index in [2.05, 4.69) is 44.6 Å². The van der Waals surface area contributed by atoms with Crippen molar-refractivity contribution in [2.24, 2.45) is 0 Å². The third-order valence-corrected chi connectivity index (χ3v) is 3.26. The molecule has 0 aliphatic rings. The first-order valence-electron chi connectivity index (χ1n) is 4.60. The SMILES string of the molecule is Cc1nn(-c2ncncc2I)c(C)c1C. The summed E-state index contributed by atoms with van der Waals surface area (Å²) in [6.45, 7) is 6.13. The van der Waals surface area contributed by atoms with Crippen LogP contribution >= 0.6 is 22.6 Å². The Kier molecular flexibility index (Phi) is 2.72. The molecule has 0 N–H and O–H groups in total. The molecule has 5 heteroatoms. The van der Waals surface area contributed by atoms with Gasteiger partial charge >= 0.3 is 0 Å².